The second-order valence-corrected chi connectivity index (χ2v) is 6.20. The SMILES string of the molecule is CCCCCCCCOc1ccc(NC(=O)OCCN(C)C)cc1. The second kappa shape index (κ2) is 12.6. The summed E-state index contributed by atoms with van der Waals surface area (Å²) in [5.41, 5.74) is 0.705. The second-order valence-electron chi connectivity index (χ2n) is 6.20. The summed E-state index contributed by atoms with van der Waals surface area (Å²) < 4.78 is 10.8. The molecule has 0 atom stereocenters. The van der Waals surface area contributed by atoms with Crippen molar-refractivity contribution in [1.29, 1.82) is 0 Å². The van der Waals surface area contributed by atoms with E-state index >= 15 is 0 Å². The van der Waals surface area contributed by atoms with E-state index in [1.807, 2.05) is 43.3 Å². The highest BCUT2D eigenvalue weighted by atomic mass is 16.5. The highest BCUT2D eigenvalue weighted by Gasteiger charge is 2.03. The van der Waals surface area contributed by atoms with Gasteiger partial charge >= 0.3 is 6.09 Å². The van der Waals surface area contributed by atoms with E-state index in [1.165, 1.54) is 32.1 Å². The van der Waals surface area contributed by atoms with Crippen molar-refractivity contribution in [2.75, 3.05) is 39.2 Å². The van der Waals surface area contributed by atoms with Crippen LogP contribution in [0.25, 0.3) is 0 Å². The Balaban J connectivity index is 2.17. The summed E-state index contributed by atoms with van der Waals surface area (Å²) in [5, 5.41) is 2.70. The van der Waals surface area contributed by atoms with Crippen molar-refractivity contribution in [3.05, 3.63) is 24.3 Å². The summed E-state index contributed by atoms with van der Waals surface area (Å²) in [7, 11) is 3.87. The van der Waals surface area contributed by atoms with Crippen LogP contribution < -0.4 is 10.1 Å². The van der Waals surface area contributed by atoms with Gasteiger partial charge in [0.15, 0.2) is 0 Å². The van der Waals surface area contributed by atoms with Crippen molar-refractivity contribution in [2.45, 2.75) is 45.4 Å². The highest BCUT2D eigenvalue weighted by Crippen LogP contribution is 2.16. The van der Waals surface area contributed by atoms with E-state index in [9.17, 15) is 4.79 Å². The quantitative estimate of drug-likeness (QED) is 0.570. The first-order chi connectivity index (χ1) is 11.6. The van der Waals surface area contributed by atoms with Gasteiger partial charge < -0.3 is 14.4 Å². The lowest BCUT2D eigenvalue weighted by Gasteiger charge is -2.11. The number of carbonyl (C=O) groups excluding carboxylic acids is 1. The molecule has 0 saturated carbocycles. The number of nitrogens with zero attached hydrogens (tertiary/aromatic N) is 1. The highest BCUT2D eigenvalue weighted by molar-refractivity contribution is 5.84. The van der Waals surface area contributed by atoms with Crippen LogP contribution in [0, 0.1) is 0 Å². The number of nitrogens with one attached hydrogen (secondary N) is 1. The van der Waals surface area contributed by atoms with Gasteiger partial charge in [-0.15, -0.1) is 0 Å². The Morgan fingerprint density at radius 3 is 2.33 bits per heavy atom. The van der Waals surface area contributed by atoms with Gasteiger partial charge in [-0.2, -0.15) is 0 Å². The smallest absolute Gasteiger partial charge is 0.411 e. The standard InChI is InChI=1S/C19H32N2O3/c1-4-5-6-7-8-9-15-23-18-12-10-17(11-13-18)20-19(22)24-16-14-21(2)3/h10-13H,4-9,14-16H2,1-3H3,(H,20,22). The van der Waals surface area contributed by atoms with Gasteiger partial charge in [0, 0.05) is 12.2 Å². The Bertz CT molecular complexity index is 446. The number of anilines is 1. The van der Waals surface area contributed by atoms with Gasteiger partial charge in [-0.25, -0.2) is 4.79 Å². The largest absolute Gasteiger partial charge is 0.494 e. The summed E-state index contributed by atoms with van der Waals surface area (Å²) >= 11 is 0. The Labute approximate surface area is 146 Å². The molecule has 1 rings (SSSR count). The summed E-state index contributed by atoms with van der Waals surface area (Å²) in [6, 6.07) is 7.38. The molecule has 0 aliphatic heterocycles. The normalized spacial score (nSPS) is 10.7. The average Bonchev–Trinajstić information content (AvgIpc) is 2.55. The third-order valence-electron chi connectivity index (χ3n) is 3.64. The minimum absolute atomic E-state index is 0.373. The van der Waals surface area contributed by atoms with Crippen LogP contribution >= 0.6 is 0 Å². The lowest BCUT2D eigenvalue weighted by Crippen LogP contribution is -2.22. The van der Waals surface area contributed by atoms with Crippen LogP contribution in [0.1, 0.15) is 45.4 Å². The van der Waals surface area contributed by atoms with Gasteiger partial charge in [-0.3, -0.25) is 5.32 Å². The molecular formula is C19H32N2O3. The molecule has 0 radical (unpaired) electrons. The van der Waals surface area contributed by atoms with Crippen LogP contribution in [0.4, 0.5) is 10.5 Å². The fraction of sp³-hybridized carbons (Fsp3) is 0.632. The molecule has 1 amide bonds. The van der Waals surface area contributed by atoms with Gasteiger partial charge in [0.05, 0.1) is 6.61 Å². The number of benzene rings is 1. The zero-order valence-corrected chi connectivity index (χ0v) is 15.3. The van der Waals surface area contributed by atoms with Gasteiger partial charge in [0.2, 0.25) is 0 Å². The number of hydrogen-bond acceptors (Lipinski definition) is 4. The number of likely N-dealkylation sites (N-methyl/N-ethyl adjacent to an activating group) is 1. The van der Waals surface area contributed by atoms with Crippen molar-refractivity contribution < 1.29 is 14.3 Å². The molecular weight excluding hydrogens is 304 g/mol. The fourth-order valence-electron chi connectivity index (χ4n) is 2.18. The van der Waals surface area contributed by atoms with E-state index in [4.69, 9.17) is 9.47 Å². The first-order valence-corrected chi connectivity index (χ1v) is 8.93. The summed E-state index contributed by atoms with van der Waals surface area (Å²) in [5.74, 6) is 0.829. The Hall–Kier alpha value is -1.75. The first-order valence-electron chi connectivity index (χ1n) is 8.93. The molecule has 136 valence electrons. The van der Waals surface area contributed by atoms with E-state index in [0.717, 1.165) is 18.8 Å². The number of ether oxygens (including phenoxy) is 2. The van der Waals surface area contributed by atoms with Gasteiger partial charge in [-0.1, -0.05) is 39.0 Å². The van der Waals surface area contributed by atoms with Crippen molar-refractivity contribution >= 4 is 11.8 Å². The predicted molar refractivity (Wildman–Crippen MR) is 98.8 cm³/mol. The minimum atomic E-state index is -0.433. The number of unbranched alkanes of at least 4 members (excludes halogenated alkanes) is 5. The molecule has 1 aromatic carbocycles. The molecule has 0 spiro atoms. The van der Waals surface area contributed by atoms with Crippen molar-refractivity contribution in [2.24, 2.45) is 0 Å². The minimum Gasteiger partial charge on any atom is -0.494 e. The van der Waals surface area contributed by atoms with Crippen molar-refractivity contribution in [3.63, 3.8) is 0 Å². The fourth-order valence-corrected chi connectivity index (χ4v) is 2.18. The monoisotopic (exact) mass is 336 g/mol. The number of rotatable bonds is 12. The molecule has 0 saturated heterocycles. The lowest BCUT2D eigenvalue weighted by atomic mass is 10.1. The maximum absolute atomic E-state index is 11.6. The maximum Gasteiger partial charge on any atom is 0.411 e. The van der Waals surface area contributed by atoms with E-state index in [0.29, 0.717) is 18.8 Å². The van der Waals surface area contributed by atoms with Gasteiger partial charge in [0.1, 0.15) is 12.4 Å². The van der Waals surface area contributed by atoms with E-state index in [2.05, 4.69) is 12.2 Å². The molecule has 1 aromatic rings. The molecule has 0 fully saturated rings. The van der Waals surface area contributed by atoms with Gasteiger partial charge in [-0.05, 0) is 44.8 Å². The molecule has 0 bridgehead atoms. The Kier molecular flexibility index (Phi) is 10.7. The molecule has 0 aromatic heterocycles. The molecule has 24 heavy (non-hydrogen) atoms. The summed E-state index contributed by atoms with van der Waals surface area (Å²) in [4.78, 5) is 13.6. The maximum atomic E-state index is 11.6. The van der Waals surface area contributed by atoms with E-state index in [1.54, 1.807) is 0 Å². The number of carbonyl (C=O) groups is 1. The number of amides is 1. The summed E-state index contributed by atoms with van der Waals surface area (Å²) in [6.45, 7) is 4.05. The van der Waals surface area contributed by atoms with Gasteiger partial charge in [0.25, 0.3) is 0 Å². The molecule has 1 N–H and O–H groups in total. The lowest BCUT2D eigenvalue weighted by molar-refractivity contribution is 0.151. The molecule has 0 unspecified atom stereocenters. The zero-order valence-electron chi connectivity index (χ0n) is 15.3. The molecule has 0 aliphatic rings. The Morgan fingerprint density at radius 2 is 1.67 bits per heavy atom. The van der Waals surface area contributed by atoms with Crippen molar-refractivity contribution in [3.8, 4) is 5.75 Å². The molecule has 0 aliphatic carbocycles. The third-order valence-corrected chi connectivity index (χ3v) is 3.64. The van der Waals surface area contributed by atoms with E-state index < -0.39 is 6.09 Å². The van der Waals surface area contributed by atoms with Crippen LogP contribution in [-0.2, 0) is 4.74 Å². The number of hydrogen-bond donors (Lipinski definition) is 1. The molecule has 0 heterocycles. The Morgan fingerprint density at radius 1 is 1.00 bits per heavy atom. The third kappa shape index (κ3) is 10.1. The summed E-state index contributed by atoms with van der Waals surface area (Å²) in [6.07, 6.45) is 7.09. The predicted octanol–water partition coefficient (Wildman–Crippen LogP) is 4.54. The topological polar surface area (TPSA) is 50.8 Å². The van der Waals surface area contributed by atoms with E-state index in [-0.39, 0.29) is 0 Å². The first kappa shape index (κ1) is 20.3. The average molecular weight is 336 g/mol. The van der Waals surface area contributed by atoms with Crippen LogP contribution in [-0.4, -0.2) is 44.8 Å². The molecule has 5 heteroatoms. The van der Waals surface area contributed by atoms with Crippen LogP contribution in [0.15, 0.2) is 24.3 Å². The van der Waals surface area contributed by atoms with Crippen LogP contribution in [0.2, 0.25) is 0 Å². The zero-order chi connectivity index (χ0) is 17.6. The molecule has 5 nitrogen and oxygen atoms in total. The van der Waals surface area contributed by atoms with Crippen LogP contribution in [0.5, 0.6) is 5.75 Å². The van der Waals surface area contributed by atoms with Crippen molar-refractivity contribution in [1.82, 2.24) is 4.90 Å². The van der Waals surface area contributed by atoms with Crippen LogP contribution in [0.3, 0.4) is 0 Å².